The van der Waals surface area contributed by atoms with Crippen molar-refractivity contribution in [3.8, 4) is 0 Å². The summed E-state index contributed by atoms with van der Waals surface area (Å²) in [7, 11) is -2.53. The van der Waals surface area contributed by atoms with Crippen molar-refractivity contribution in [3.05, 3.63) is 127 Å². The number of para-hydroxylation sites is 5. The molecule has 0 radical (unpaired) electrons. The van der Waals surface area contributed by atoms with Gasteiger partial charge in [0.25, 0.3) is 0 Å². The van der Waals surface area contributed by atoms with E-state index in [2.05, 4.69) is 138 Å². The molecular formula is C30H22N2Si. The zero-order valence-corrected chi connectivity index (χ0v) is 19.1. The van der Waals surface area contributed by atoms with Crippen molar-refractivity contribution in [2.75, 3.05) is 10.2 Å². The summed E-state index contributed by atoms with van der Waals surface area (Å²) in [6.45, 7) is 0. The first-order valence-electron chi connectivity index (χ1n) is 11.4. The first-order chi connectivity index (χ1) is 16.4. The van der Waals surface area contributed by atoms with Gasteiger partial charge in [0.15, 0.2) is 8.07 Å². The van der Waals surface area contributed by atoms with Gasteiger partial charge in [-0.05, 0) is 57.1 Å². The van der Waals surface area contributed by atoms with Crippen molar-refractivity contribution in [3.63, 3.8) is 0 Å². The normalized spacial score (nSPS) is 14.5. The highest BCUT2D eigenvalue weighted by Crippen LogP contribution is 2.39. The molecule has 0 saturated carbocycles. The lowest BCUT2D eigenvalue weighted by Crippen LogP contribution is -2.78. The maximum atomic E-state index is 3.74. The fraction of sp³-hybridized carbons (Fsp3) is 0. The SMILES string of the molecule is c1ccc(N2c3ccccc3[Si]3(c4ccccc4Nc4ccccc43)c3ccccc32)cc1. The maximum Gasteiger partial charge on any atom is 0.188 e. The molecule has 33 heavy (non-hydrogen) atoms. The summed E-state index contributed by atoms with van der Waals surface area (Å²) >= 11 is 0. The second kappa shape index (κ2) is 6.96. The molecule has 0 bridgehead atoms. The van der Waals surface area contributed by atoms with Crippen LogP contribution in [0.4, 0.5) is 28.4 Å². The molecule has 0 amide bonds. The summed E-state index contributed by atoms with van der Waals surface area (Å²) in [5.74, 6) is 0. The molecule has 2 aliphatic rings. The molecule has 0 saturated heterocycles. The Kier molecular flexibility index (Phi) is 3.90. The number of anilines is 5. The third kappa shape index (κ3) is 2.43. The predicted molar refractivity (Wildman–Crippen MR) is 142 cm³/mol. The van der Waals surface area contributed by atoms with E-state index in [4.69, 9.17) is 0 Å². The molecule has 7 rings (SSSR count). The maximum absolute atomic E-state index is 3.74. The van der Waals surface area contributed by atoms with Crippen molar-refractivity contribution in [1.29, 1.82) is 0 Å². The van der Waals surface area contributed by atoms with E-state index in [1.54, 1.807) is 0 Å². The van der Waals surface area contributed by atoms with Crippen LogP contribution < -0.4 is 31.0 Å². The van der Waals surface area contributed by atoms with Gasteiger partial charge in [0.05, 0.1) is 0 Å². The lowest BCUT2D eigenvalue weighted by molar-refractivity contribution is 1.29. The fourth-order valence-corrected chi connectivity index (χ4v) is 11.2. The minimum absolute atomic E-state index is 1.19. The van der Waals surface area contributed by atoms with Gasteiger partial charge in [0, 0.05) is 28.4 Å². The van der Waals surface area contributed by atoms with Crippen molar-refractivity contribution in [2.24, 2.45) is 0 Å². The van der Waals surface area contributed by atoms with E-state index < -0.39 is 8.07 Å². The smallest absolute Gasteiger partial charge is 0.188 e. The number of nitrogens with zero attached hydrogens (tertiary/aromatic N) is 1. The van der Waals surface area contributed by atoms with Crippen LogP contribution in [0.5, 0.6) is 0 Å². The number of rotatable bonds is 1. The lowest BCUT2D eigenvalue weighted by atomic mass is 10.1. The first kappa shape index (κ1) is 18.5. The van der Waals surface area contributed by atoms with Gasteiger partial charge in [-0.1, -0.05) is 91.0 Å². The second-order valence-corrected chi connectivity index (χ2v) is 12.3. The van der Waals surface area contributed by atoms with Crippen molar-refractivity contribution in [1.82, 2.24) is 0 Å². The van der Waals surface area contributed by atoms with E-state index in [0.29, 0.717) is 0 Å². The number of benzene rings is 5. The molecule has 1 spiro atoms. The highest BCUT2D eigenvalue weighted by atomic mass is 28.3. The summed E-state index contributed by atoms with van der Waals surface area (Å²) in [6, 6.07) is 46.6. The van der Waals surface area contributed by atoms with Crippen LogP contribution in [0, 0.1) is 0 Å². The van der Waals surface area contributed by atoms with Crippen LogP contribution in [0.3, 0.4) is 0 Å². The standard InChI is InChI=1S/C30H22N2Si/c1-2-12-22(13-3-1)32-25-16-6-10-20-29(25)33(30-21-11-7-17-26(30)32)27-18-8-4-14-23(27)31-24-15-5-9-19-28(24)33/h1-21,31H. The zero-order valence-electron chi connectivity index (χ0n) is 18.1. The third-order valence-corrected chi connectivity index (χ3v) is 12.0. The Hall–Kier alpha value is -4.08. The van der Waals surface area contributed by atoms with Gasteiger partial charge in [-0.25, -0.2) is 0 Å². The largest absolute Gasteiger partial charge is 0.356 e. The van der Waals surface area contributed by atoms with Crippen LogP contribution in [-0.4, -0.2) is 8.07 Å². The van der Waals surface area contributed by atoms with Gasteiger partial charge in [0.2, 0.25) is 0 Å². The van der Waals surface area contributed by atoms with Gasteiger partial charge >= 0.3 is 0 Å². The molecule has 0 fully saturated rings. The van der Waals surface area contributed by atoms with Crippen LogP contribution in [-0.2, 0) is 0 Å². The van der Waals surface area contributed by atoms with Crippen molar-refractivity contribution >= 4 is 57.3 Å². The summed E-state index contributed by atoms with van der Waals surface area (Å²) in [6.07, 6.45) is 0. The molecule has 2 nitrogen and oxygen atoms in total. The highest BCUT2D eigenvalue weighted by Gasteiger charge is 2.52. The van der Waals surface area contributed by atoms with E-state index in [1.807, 2.05) is 0 Å². The molecule has 0 unspecified atom stereocenters. The minimum Gasteiger partial charge on any atom is -0.356 e. The van der Waals surface area contributed by atoms with Crippen LogP contribution in [0.15, 0.2) is 127 Å². The topological polar surface area (TPSA) is 15.3 Å². The van der Waals surface area contributed by atoms with Gasteiger partial charge in [0.1, 0.15) is 0 Å². The lowest BCUT2D eigenvalue weighted by Gasteiger charge is -2.47. The molecule has 156 valence electrons. The highest BCUT2D eigenvalue weighted by molar-refractivity contribution is 7.22. The van der Waals surface area contributed by atoms with Crippen LogP contribution in [0.2, 0.25) is 0 Å². The average molecular weight is 439 g/mol. The molecular weight excluding hydrogens is 416 g/mol. The van der Waals surface area contributed by atoms with Gasteiger partial charge in [-0.2, -0.15) is 0 Å². The van der Waals surface area contributed by atoms with E-state index in [0.717, 1.165) is 0 Å². The predicted octanol–water partition coefficient (Wildman–Crippen LogP) is 4.90. The summed E-state index contributed by atoms with van der Waals surface area (Å²) in [5, 5.41) is 9.47. The van der Waals surface area contributed by atoms with E-state index in [9.17, 15) is 0 Å². The summed E-state index contributed by atoms with van der Waals surface area (Å²) in [4.78, 5) is 2.44. The van der Waals surface area contributed by atoms with Crippen molar-refractivity contribution in [2.45, 2.75) is 0 Å². The number of hydrogen-bond donors (Lipinski definition) is 1. The first-order valence-corrected chi connectivity index (χ1v) is 13.4. The molecule has 0 aromatic heterocycles. The molecule has 0 aliphatic carbocycles. The second-order valence-electron chi connectivity index (χ2n) is 8.67. The summed E-state index contributed by atoms with van der Waals surface area (Å²) < 4.78 is 0. The summed E-state index contributed by atoms with van der Waals surface area (Å²) in [5.41, 5.74) is 6.19. The van der Waals surface area contributed by atoms with Gasteiger partial charge < -0.3 is 10.2 Å². The average Bonchev–Trinajstić information content (AvgIpc) is 2.89. The molecule has 2 heterocycles. The van der Waals surface area contributed by atoms with Crippen LogP contribution >= 0.6 is 0 Å². The van der Waals surface area contributed by atoms with Crippen LogP contribution in [0.1, 0.15) is 0 Å². The Morgan fingerprint density at radius 1 is 0.424 bits per heavy atom. The van der Waals surface area contributed by atoms with Crippen LogP contribution in [0.25, 0.3) is 0 Å². The molecule has 5 aromatic rings. The van der Waals surface area contributed by atoms with E-state index >= 15 is 0 Å². The van der Waals surface area contributed by atoms with E-state index in [1.165, 1.54) is 49.2 Å². The van der Waals surface area contributed by atoms with Gasteiger partial charge in [-0.15, -0.1) is 0 Å². The molecule has 1 N–H and O–H groups in total. The zero-order chi connectivity index (χ0) is 21.8. The Morgan fingerprint density at radius 2 is 0.848 bits per heavy atom. The van der Waals surface area contributed by atoms with Crippen molar-refractivity contribution < 1.29 is 0 Å². The molecule has 2 aliphatic heterocycles. The number of nitrogens with one attached hydrogen (secondary N) is 1. The Morgan fingerprint density at radius 3 is 1.39 bits per heavy atom. The Labute approximate surface area is 194 Å². The Balaban J connectivity index is 1.67. The number of fused-ring (bicyclic) bond motifs is 8. The third-order valence-electron chi connectivity index (χ3n) is 7.04. The quantitative estimate of drug-likeness (QED) is 0.367. The number of hydrogen-bond acceptors (Lipinski definition) is 2. The Bertz CT molecular complexity index is 1410. The molecule has 3 heteroatoms. The van der Waals surface area contributed by atoms with E-state index in [-0.39, 0.29) is 0 Å². The minimum atomic E-state index is -2.53. The molecule has 0 atom stereocenters. The molecule has 5 aromatic carbocycles. The monoisotopic (exact) mass is 438 g/mol. The fourth-order valence-electron chi connectivity index (χ4n) is 5.81. The van der Waals surface area contributed by atoms with Gasteiger partial charge in [-0.3, -0.25) is 0 Å².